The third-order valence-electron chi connectivity index (χ3n) is 8.94. The predicted octanol–water partition coefficient (Wildman–Crippen LogP) is 3.49. The van der Waals surface area contributed by atoms with Gasteiger partial charge < -0.3 is 15.1 Å². The average molecular weight is 555 g/mol. The molecule has 0 spiro atoms. The summed E-state index contributed by atoms with van der Waals surface area (Å²) in [5.41, 5.74) is 4.66. The number of tetrazole rings is 1. The summed E-state index contributed by atoms with van der Waals surface area (Å²) >= 11 is 0. The van der Waals surface area contributed by atoms with Crippen LogP contribution in [0.25, 0.3) is 0 Å². The van der Waals surface area contributed by atoms with E-state index >= 15 is 0 Å². The smallest absolute Gasteiger partial charge is 0.253 e. The minimum absolute atomic E-state index is 0.0565. The summed E-state index contributed by atoms with van der Waals surface area (Å²) in [7, 11) is 0. The number of amides is 1. The summed E-state index contributed by atoms with van der Waals surface area (Å²) in [4.78, 5) is 17.3. The van der Waals surface area contributed by atoms with Gasteiger partial charge in [0, 0.05) is 37.4 Å². The maximum atomic E-state index is 14.5. The third kappa shape index (κ3) is 4.99. The van der Waals surface area contributed by atoms with Gasteiger partial charge in [-0.05, 0) is 98.0 Å². The third-order valence-corrected chi connectivity index (χ3v) is 8.94. The molecule has 2 N–H and O–H groups in total. The van der Waals surface area contributed by atoms with Crippen LogP contribution in [-0.2, 0) is 18.3 Å². The van der Waals surface area contributed by atoms with Gasteiger partial charge in [0.1, 0.15) is 11.9 Å². The molecule has 0 radical (unpaired) electrons. The van der Waals surface area contributed by atoms with Crippen molar-refractivity contribution >= 4 is 5.91 Å². The summed E-state index contributed by atoms with van der Waals surface area (Å²) in [6.45, 7) is 7.79. The minimum Gasteiger partial charge on any atom is -0.358 e. The van der Waals surface area contributed by atoms with Crippen molar-refractivity contribution in [2.24, 2.45) is 0 Å². The zero-order valence-corrected chi connectivity index (χ0v) is 23.2. The van der Waals surface area contributed by atoms with Crippen LogP contribution < -0.4 is 5.32 Å². The predicted molar refractivity (Wildman–Crippen MR) is 151 cm³/mol. The van der Waals surface area contributed by atoms with Crippen molar-refractivity contribution in [3.8, 4) is 6.07 Å². The van der Waals surface area contributed by atoms with Gasteiger partial charge in [0.15, 0.2) is 5.82 Å². The summed E-state index contributed by atoms with van der Waals surface area (Å²) in [6, 6.07) is 13.2. The van der Waals surface area contributed by atoms with E-state index in [0.29, 0.717) is 43.7 Å². The molecular formula is C31H35FN8O. The van der Waals surface area contributed by atoms with E-state index in [0.717, 1.165) is 73.3 Å². The lowest BCUT2D eigenvalue weighted by molar-refractivity contribution is 0.0792. The number of benzene rings is 2. The standard InChI is InChI=1S/C31H35FN8O/c1-21(40-16-4-5-26(40)19-33)20-34-13-12-31(30-35-37-38-36-30)27-10-8-24(29(41)39-14-2-3-15-39)17-22(27)6-7-23-18-25(32)9-11-28(23)31/h8-11,17-18,26,34H,1-7,12-16,20H2,(H,35,36,37,38). The van der Waals surface area contributed by atoms with Crippen LogP contribution in [0.15, 0.2) is 48.7 Å². The van der Waals surface area contributed by atoms with Gasteiger partial charge in [0.25, 0.3) is 5.91 Å². The van der Waals surface area contributed by atoms with Gasteiger partial charge >= 0.3 is 0 Å². The first-order valence-corrected chi connectivity index (χ1v) is 14.5. The van der Waals surface area contributed by atoms with Gasteiger partial charge in [-0.15, -0.1) is 10.2 Å². The highest BCUT2D eigenvalue weighted by atomic mass is 19.1. The fourth-order valence-electron chi connectivity index (χ4n) is 6.91. The molecule has 2 aromatic carbocycles. The molecule has 3 heterocycles. The van der Waals surface area contributed by atoms with Gasteiger partial charge in [-0.1, -0.05) is 23.9 Å². The molecule has 2 atom stereocenters. The Morgan fingerprint density at radius 2 is 1.88 bits per heavy atom. The molecule has 41 heavy (non-hydrogen) atoms. The number of aryl methyl sites for hydroxylation is 2. The van der Waals surface area contributed by atoms with Gasteiger partial charge in [-0.2, -0.15) is 10.5 Å². The highest BCUT2D eigenvalue weighted by Gasteiger charge is 2.44. The number of carbonyl (C=O) groups is 1. The molecule has 2 fully saturated rings. The van der Waals surface area contributed by atoms with Gasteiger partial charge in [0.05, 0.1) is 11.5 Å². The quantitative estimate of drug-likeness (QED) is 0.410. The molecule has 1 aliphatic carbocycles. The fraction of sp³-hybridized carbons (Fsp3) is 0.452. The van der Waals surface area contributed by atoms with Crippen LogP contribution in [0.4, 0.5) is 4.39 Å². The maximum Gasteiger partial charge on any atom is 0.253 e. The van der Waals surface area contributed by atoms with E-state index < -0.39 is 5.41 Å². The Morgan fingerprint density at radius 3 is 2.61 bits per heavy atom. The first-order valence-electron chi connectivity index (χ1n) is 14.5. The van der Waals surface area contributed by atoms with Gasteiger partial charge in [0.2, 0.25) is 0 Å². The number of hydrogen-bond acceptors (Lipinski definition) is 7. The number of nitrogens with one attached hydrogen (secondary N) is 2. The van der Waals surface area contributed by atoms with Crippen molar-refractivity contribution in [3.05, 3.63) is 88.1 Å². The number of H-pyrrole nitrogens is 1. The second-order valence-electron chi connectivity index (χ2n) is 11.3. The number of halogens is 1. The molecular weight excluding hydrogens is 519 g/mol. The molecule has 10 heteroatoms. The molecule has 3 aromatic rings. The summed E-state index contributed by atoms with van der Waals surface area (Å²) in [6.07, 6.45) is 5.80. The topological polar surface area (TPSA) is 114 Å². The largest absolute Gasteiger partial charge is 0.358 e. The Hall–Kier alpha value is -4.10. The number of nitriles is 1. The lowest BCUT2D eigenvalue weighted by Crippen LogP contribution is -2.38. The van der Waals surface area contributed by atoms with Crippen LogP contribution in [0, 0.1) is 17.1 Å². The average Bonchev–Trinajstić information content (AvgIpc) is 3.78. The molecule has 1 amide bonds. The summed E-state index contributed by atoms with van der Waals surface area (Å²) in [5.74, 6) is 0.284. The molecule has 2 saturated heterocycles. The van der Waals surface area contributed by atoms with Gasteiger partial charge in [-0.25, -0.2) is 4.39 Å². The number of rotatable bonds is 8. The van der Waals surface area contributed by atoms with E-state index in [1.54, 1.807) is 6.07 Å². The number of nitrogens with zero attached hydrogens (tertiary/aromatic N) is 6. The Kier molecular flexibility index (Phi) is 7.54. The zero-order chi connectivity index (χ0) is 28.4. The molecule has 2 unspecified atom stereocenters. The van der Waals surface area contributed by atoms with E-state index in [1.165, 1.54) is 6.07 Å². The van der Waals surface area contributed by atoms with E-state index in [4.69, 9.17) is 0 Å². The van der Waals surface area contributed by atoms with Crippen LogP contribution >= 0.6 is 0 Å². The Bertz CT molecular complexity index is 1480. The Morgan fingerprint density at radius 1 is 1.12 bits per heavy atom. The van der Waals surface area contributed by atoms with Crippen LogP contribution in [0.5, 0.6) is 0 Å². The molecule has 6 rings (SSSR count). The molecule has 212 valence electrons. The van der Waals surface area contributed by atoms with Crippen LogP contribution in [0.1, 0.15) is 70.5 Å². The van der Waals surface area contributed by atoms with Gasteiger partial charge in [-0.3, -0.25) is 4.79 Å². The number of hydrogen-bond donors (Lipinski definition) is 2. The second-order valence-corrected chi connectivity index (χ2v) is 11.3. The monoisotopic (exact) mass is 554 g/mol. The zero-order valence-electron chi connectivity index (χ0n) is 23.2. The van der Waals surface area contributed by atoms with E-state index in [2.05, 4.69) is 43.5 Å². The maximum absolute atomic E-state index is 14.5. The number of likely N-dealkylation sites (tertiary alicyclic amines) is 2. The van der Waals surface area contributed by atoms with Crippen molar-refractivity contribution in [2.75, 3.05) is 32.7 Å². The van der Waals surface area contributed by atoms with E-state index in [-0.39, 0.29) is 17.8 Å². The molecule has 3 aliphatic rings. The minimum atomic E-state index is -0.811. The Labute approximate surface area is 239 Å². The second kappa shape index (κ2) is 11.4. The van der Waals surface area contributed by atoms with Crippen molar-refractivity contribution in [1.29, 1.82) is 5.26 Å². The molecule has 2 aliphatic heterocycles. The highest BCUT2D eigenvalue weighted by molar-refractivity contribution is 5.94. The summed E-state index contributed by atoms with van der Waals surface area (Å²) in [5, 5.41) is 28.5. The lowest BCUT2D eigenvalue weighted by atomic mass is 9.69. The van der Waals surface area contributed by atoms with Crippen molar-refractivity contribution < 1.29 is 9.18 Å². The van der Waals surface area contributed by atoms with E-state index in [9.17, 15) is 14.4 Å². The first kappa shape index (κ1) is 27.1. The Balaban J connectivity index is 1.36. The molecule has 0 bridgehead atoms. The molecule has 0 saturated carbocycles. The normalized spacial score (nSPS) is 21.7. The number of carbonyl (C=O) groups excluding carboxylic acids is 1. The van der Waals surface area contributed by atoms with E-state index in [1.807, 2.05) is 29.2 Å². The van der Waals surface area contributed by atoms with Crippen LogP contribution in [0.2, 0.25) is 0 Å². The van der Waals surface area contributed by atoms with Crippen molar-refractivity contribution in [1.82, 2.24) is 35.7 Å². The molecule has 9 nitrogen and oxygen atoms in total. The van der Waals surface area contributed by atoms with Crippen LogP contribution in [0.3, 0.4) is 0 Å². The number of aromatic nitrogens is 4. The first-order chi connectivity index (χ1) is 20.0. The van der Waals surface area contributed by atoms with Crippen molar-refractivity contribution in [2.45, 2.75) is 56.4 Å². The SMILES string of the molecule is C=C(CNCCC1(c2nn[nH]n2)c2ccc(F)cc2CCc2cc(C(=O)N3CCCC3)ccc21)N1CCCC1C#N. The fourth-order valence-corrected chi connectivity index (χ4v) is 6.91. The number of aromatic amines is 1. The number of fused-ring (bicyclic) bond motifs is 2. The summed E-state index contributed by atoms with van der Waals surface area (Å²) < 4.78 is 14.5. The lowest BCUT2D eigenvalue weighted by Gasteiger charge is -2.34. The van der Waals surface area contributed by atoms with Crippen molar-refractivity contribution in [3.63, 3.8) is 0 Å². The molecule has 1 aromatic heterocycles. The van der Waals surface area contributed by atoms with Crippen LogP contribution in [-0.4, -0.2) is 75.1 Å². The highest BCUT2D eigenvalue weighted by Crippen LogP contribution is 2.46.